The van der Waals surface area contributed by atoms with Gasteiger partial charge in [-0.2, -0.15) is 13.2 Å². The lowest BCUT2D eigenvalue weighted by Crippen LogP contribution is -2.10. The number of thiophene rings is 1. The Kier molecular flexibility index (Phi) is 9.72. The highest BCUT2D eigenvalue weighted by molar-refractivity contribution is 8.02. The van der Waals surface area contributed by atoms with Crippen molar-refractivity contribution >= 4 is 39.7 Å². The number of phenolic OH excluding ortho intramolecular Hbond substituents is 1. The molecule has 0 unspecified atom stereocenters. The van der Waals surface area contributed by atoms with Crippen LogP contribution in [0.4, 0.5) is 29.5 Å². The van der Waals surface area contributed by atoms with Crippen LogP contribution < -0.4 is 10.0 Å². The van der Waals surface area contributed by atoms with Gasteiger partial charge in [-0.3, -0.25) is 10.1 Å². The van der Waals surface area contributed by atoms with Gasteiger partial charge < -0.3 is 20.0 Å². The zero-order valence-electron chi connectivity index (χ0n) is 15.7. The molecule has 1 saturated heterocycles. The van der Waals surface area contributed by atoms with Crippen LogP contribution >= 0.6 is 23.3 Å². The minimum absolute atomic E-state index is 0. The third-order valence-corrected chi connectivity index (χ3v) is 6.11. The first-order chi connectivity index (χ1) is 13.6. The largest absolute Gasteiger partial charge is 0.507 e. The van der Waals surface area contributed by atoms with E-state index in [1.807, 2.05) is 0 Å². The quantitative estimate of drug-likeness (QED) is 0.288. The monoisotopic (exact) mass is 466 g/mol. The number of hydrogen-bond donors (Lipinski definition) is 3. The highest BCUT2D eigenvalue weighted by Gasteiger charge is 2.33. The predicted molar refractivity (Wildman–Crippen MR) is 117 cm³/mol. The molecule has 7 nitrogen and oxygen atoms in total. The number of benzene rings is 1. The summed E-state index contributed by atoms with van der Waals surface area (Å²) in [5.41, 5.74) is -0.975. The molecule has 12 heteroatoms. The second-order valence-electron chi connectivity index (χ2n) is 6.23. The van der Waals surface area contributed by atoms with Crippen molar-refractivity contribution in [2.75, 3.05) is 37.2 Å². The Balaban J connectivity index is 0.000000552. The van der Waals surface area contributed by atoms with E-state index in [0.717, 1.165) is 41.5 Å². The fourth-order valence-electron chi connectivity index (χ4n) is 2.54. The molecular formula is C18H25F3N4O3S2. The molecule has 0 aliphatic carbocycles. The minimum Gasteiger partial charge on any atom is -0.507 e. The molecule has 1 fully saturated rings. The molecule has 2 heterocycles. The first-order valence-electron chi connectivity index (χ1n) is 8.59. The first-order valence-corrected chi connectivity index (χ1v) is 10.2. The summed E-state index contributed by atoms with van der Waals surface area (Å²) < 4.78 is 40.9. The highest BCUT2D eigenvalue weighted by Crippen LogP contribution is 2.41. The van der Waals surface area contributed by atoms with Crippen LogP contribution in [-0.4, -0.2) is 42.1 Å². The van der Waals surface area contributed by atoms with Gasteiger partial charge in [-0.1, -0.05) is 7.43 Å². The third-order valence-electron chi connectivity index (χ3n) is 4.02. The fraction of sp³-hybridized carbons (Fsp3) is 0.444. The predicted octanol–water partition coefficient (Wildman–Crippen LogP) is 5.89. The lowest BCUT2D eigenvalue weighted by Gasteiger charge is -2.10. The Labute approximate surface area is 181 Å². The average Bonchev–Trinajstić information content (AvgIpc) is 3.28. The van der Waals surface area contributed by atoms with Crippen molar-refractivity contribution in [3.05, 3.63) is 39.9 Å². The Bertz CT molecular complexity index is 841. The number of nitrogens with one attached hydrogen (secondary N) is 2. The summed E-state index contributed by atoms with van der Waals surface area (Å²) in [6, 6.07) is 4.21. The first kappa shape index (κ1) is 25.9. The van der Waals surface area contributed by atoms with Crippen LogP contribution in [0.25, 0.3) is 0 Å². The molecule has 1 aliphatic heterocycles. The van der Waals surface area contributed by atoms with Crippen molar-refractivity contribution in [3.63, 3.8) is 0 Å². The van der Waals surface area contributed by atoms with E-state index in [-0.39, 0.29) is 18.8 Å². The molecule has 3 rings (SSSR count). The summed E-state index contributed by atoms with van der Waals surface area (Å²) in [7, 11) is 3.72. The third kappa shape index (κ3) is 7.26. The molecule has 168 valence electrons. The number of rotatable bonds is 5. The van der Waals surface area contributed by atoms with Crippen molar-refractivity contribution in [3.8, 4) is 5.75 Å². The molecule has 2 aromatic rings. The smallest absolute Gasteiger partial charge is 0.419 e. The van der Waals surface area contributed by atoms with Gasteiger partial charge in [-0.25, -0.2) is 0 Å². The van der Waals surface area contributed by atoms with E-state index in [9.17, 15) is 28.4 Å². The van der Waals surface area contributed by atoms with Gasteiger partial charge >= 0.3 is 11.9 Å². The fourth-order valence-corrected chi connectivity index (χ4v) is 4.31. The van der Waals surface area contributed by atoms with Crippen LogP contribution in [-0.2, 0) is 6.18 Å². The maximum absolute atomic E-state index is 12.5. The molecule has 30 heavy (non-hydrogen) atoms. The van der Waals surface area contributed by atoms with Gasteiger partial charge in [0.2, 0.25) is 0 Å². The number of nitrogens with zero attached hydrogens (tertiary/aromatic N) is 2. The Morgan fingerprint density at radius 3 is 2.30 bits per heavy atom. The molecule has 0 radical (unpaired) electrons. The number of likely N-dealkylation sites (tertiary alicyclic amines) is 1. The van der Waals surface area contributed by atoms with Gasteiger partial charge in [-0.15, -0.1) is 11.3 Å². The molecule has 0 bridgehead atoms. The van der Waals surface area contributed by atoms with Crippen molar-refractivity contribution in [2.24, 2.45) is 0 Å². The molecule has 0 atom stereocenters. The van der Waals surface area contributed by atoms with Gasteiger partial charge in [0, 0.05) is 24.9 Å². The van der Waals surface area contributed by atoms with E-state index >= 15 is 0 Å². The van der Waals surface area contributed by atoms with Gasteiger partial charge in [-0.05, 0) is 57.1 Å². The summed E-state index contributed by atoms with van der Waals surface area (Å²) in [6.07, 6.45) is -1.81. The summed E-state index contributed by atoms with van der Waals surface area (Å²) in [4.78, 5) is 12.7. The van der Waals surface area contributed by atoms with Crippen LogP contribution in [0, 0.1) is 10.1 Å². The summed E-state index contributed by atoms with van der Waals surface area (Å²) in [6.45, 7) is 2.64. The number of alkyl halides is 3. The molecule has 1 aromatic heterocycles. The normalized spacial score (nSPS) is 13.8. The summed E-state index contributed by atoms with van der Waals surface area (Å²) in [5.74, 6) is -0.892. The SMILES string of the molecule is C.CN1CCCC1.CNc1sc(SNc2ccc(C(F)(F)F)c(O)c2)cc1[N+](=O)[O-]. The molecule has 1 aromatic carbocycles. The number of nitro groups is 1. The van der Waals surface area contributed by atoms with E-state index in [4.69, 9.17) is 0 Å². The van der Waals surface area contributed by atoms with Crippen LogP contribution in [0.1, 0.15) is 25.8 Å². The van der Waals surface area contributed by atoms with Crippen molar-refractivity contribution < 1.29 is 23.2 Å². The Hall–Kier alpha value is -2.18. The van der Waals surface area contributed by atoms with Gasteiger partial charge in [0.25, 0.3) is 0 Å². The van der Waals surface area contributed by atoms with Crippen LogP contribution in [0.5, 0.6) is 5.75 Å². The van der Waals surface area contributed by atoms with Crippen LogP contribution in [0.2, 0.25) is 0 Å². The molecular weight excluding hydrogens is 441 g/mol. The van der Waals surface area contributed by atoms with E-state index in [2.05, 4.69) is 22.0 Å². The number of phenols is 1. The molecule has 0 amide bonds. The second-order valence-corrected chi connectivity index (χ2v) is 8.39. The van der Waals surface area contributed by atoms with Gasteiger partial charge in [0.1, 0.15) is 5.75 Å². The molecule has 0 saturated carbocycles. The van der Waals surface area contributed by atoms with Crippen molar-refractivity contribution in [1.82, 2.24) is 4.90 Å². The van der Waals surface area contributed by atoms with E-state index in [1.54, 1.807) is 7.05 Å². The van der Waals surface area contributed by atoms with E-state index in [0.29, 0.717) is 9.21 Å². The zero-order valence-corrected chi connectivity index (χ0v) is 17.4. The average molecular weight is 467 g/mol. The summed E-state index contributed by atoms with van der Waals surface area (Å²) in [5, 5.41) is 23.3. The highest BCUT2D eigenvalue weighted by atomic mass is 32.2. The standard InChI is InChI=1S/C12H10F3N3O3S2.C5H11N.CH4/c1-16-11-8(18(20)21)5-10(22-11)23-17-6-2-3-7(9(19)4-6)12(13,14)15;1-6-4-2-3-5-6;/h2-5,16-17,19H,1H3;2-5H2,1H3;1H4. The molecule has 3 N–H and O–H groups in total. The molecule has 1 aliphatic rings. The maximum atomic E-state index is 12.5. The second kappa shape index (κ2) is 11.3. The number of halogens is 3. The minimum atomic E-state index is -4.63. The number of hydrogen-bond acceptors (Lipinski definition) is 8. The van der Waals surface area contributed by atoms with Crippen LogP contribution in [0.15, 0.2) is 28.5 Å². The zero-order chi connectivity index (χ0) is 21.6. The topological polar surface area (TPSA) is 90.7 Å². The maximum Gasteiger partial charge on any atom is 0.419 e. The van der Waals surface area contributed by atoms with E-state index < -0.39 is 22.4 Å². The van der Waals surface area contributed by atoms with Gasteiger partial charge in [0.05, 0.1) is 14.7 Å². The molecule has 0 spiro atoms. The van der Waals surface area contributed by atoms with Crippen LogP contribution in [0.3, 0.4) is 0 Å². The lowest BCUT2D eigenvalue weighted by atomic mass is 10.2. The number of aromatic hydroxyl groups is 1. The number of anilines is 2. The van der Waals surface area contributed by atoms with Gasteiger partial charge in [0.15, 0.2) is 5.00 Å². The summed E-state index contributed by atoms with van der Waals surface area (Å²) >= 11 is 2.12. The lowest BCUT2D eigenvalue weighted by molar-refractivity contribution is -0.383. The Morgan fingerprint density at radius 2 is 1.90 bits per heavy atom. The van der Waals surface area contributed by atoms with E-state index in [1.165, 1.54) is 32.0 Å². The Morgan fingerprint density at radius 1 is 1.27 bits per heavy atom. The van der Waals surface area contributed by atoms with Crippen molar-refractivity contribution in [2.45, 2.75) is 30.7 Å². The van der Waals surface area contributed by atoms with Crippen molar-refractivity contribution in [1.29, 1.82) is 0 Å².